The minimum atomic E-state index is -0.998. The zero-order valence-electron chi connectivity index (χ0n) is 23.1. The average molecular weight is 540 g/mol. The largest absolute Gasteiger partial charge is 0.462 e. The quantitative estimate of drug-likeness (QED) is 0.407. The van der Waals surface area contributed by atoms with Crippen LogP contribution in [0.15, 0.2) is 28.9 Å². The van der Waals surface area contributed by atoms with Crippen molar-refractivity contribution in [1.82, 2.24) is 14.7 Å². The predicted molar refractivity (Wildman–Crippen MR) is 143 cm³/mol. The van der Waals surface area contributed by atoms with Crippen molar-refractivity contribution in [2.75, 3.05) is 17.2 Å². The smallest absolute Gasteiger partial charge is 0.436 e. The second-order valence-electron chi connectivity index (χ2n) is 11.8. The van der Waals surface area contributed by atoms with E-state index in [1.165, 1.54) is 17.2 Å². The van der Waals surface area contributed by atoms with E-state index in [2.05, 4.69) is 15.7 Å². The second-order valence-corrected chi connectivity index (χ2v) is 11.8. The molecular formula is C28H34FN5O5. The molecule has 0 spiro atoms. The molecule has 2 aliphatic rings. The van der Waals surface area contributed by atoms with Gasteiger partial charge in [0.2, 0.25) is 5.91 Å². The van der Waals surface area contributed by atoms with Gasteiger partial charge < -0.3 is 24.7 Å². The first-order valence-electron chi connectivity index (χ1n) is 13.2. The highest BCUT2D eigenvalue weighted by Crippen LogP contribution is 2.54. The number of halogens is 1. The van der Waals surface area contributed by atoms with Gasteiger partial charge in [-0.05, 0) is 57.2 Å². The molecule has 2 N–H and O–H groups in total. The Kier molecular flexibility index (Phi) is 6.23. The molecule has 11 heteroatoms. The van der Waals surface area contributed by atoms with E-state index in [1.54, 1.807) is 32.9 Å². The Labute approximate surface area is 225 Å². The topological polar surface area (TPSA) is 119 Å². The fourth-order valence-corrected chi connectivity index (χ4v) is 5.72. The van der Waals surface area contributed by atoms with E-state index in [9.17, 15) is 18.8 Å². The number of furan rings is 1. The number of aromatic nitrogens is 2. The summed E-state index contributed by atoms with van der Waals surface area (Å²) in [6, 6.07) is 3.93. The lowest BCUT2D eigenvalue weighted by molar-refractivity contribution is -0.139. The molecule has 1 aliphatic carbocycles. The van der Waals surface area contributed by atoms with Crippen LogP contribution < -0.4 is 10.6 Å². The number of fused-ring (bicyclic) bond motifs is 2. The van der Waals surface area contributed by atoms with Crippen molar-refractivity contribution in [3.63, 3.8) is 0 Å². The summed E-state index contributed by atoms with van der Waals surface area (Å²) in [6.45, 7) is 11.5. The Morgan fingerprint density at radius 2 is 1.87 bits per heavy atom. The summed E-state index contributed by atoms with van der Waals surface area (Å²) in [5, 5.41) is 10.8. The lowest BCUT2D eigenvalue weighted by Crippen LogP contribution is -2.51. The molecule has 0 unspecified atom stereocenters. The first-order valence-corrected chi connectivity index (χ1v) is 13.2. The van der Waals surface area contributed by atoms with E-state index in [0.29, 0.717) is 16.6 Å². The summed E-state index contributed by atoms with van der Waals surface area (Å²) in [4.78, 5) is 41.6. The SMILES string of the molecule is CCOC(=O)n1nc2c(c1NC(=O)C1(C(C)(C)C)CCC1)CN(C(=O)Nc1c(F)ccc3ccoc13)C2(C)C. The van der Waals surface area contributed by atoms with Gasteiger partial charge in [-0.1, -0.05) is 27.2 Å². The molecule has 1 aliphatic heterocycles. The van der Waals surface area contributed by atoms with Gasteiger partial charge in [0.25, 0.3) is 0 Å². The molecule has 208 valence electrons. The molecule has 3 heterocycles. The Bertz CT molecular complexity index is 1480. The van der Waals surface area contributed by atoms with E-state index in [-0.39, 0.29) is 41.6 Å². The summed E-state index contributed by atoms with van der Waals surface area (Å²) < 4.78 is 26.4. The van der Waals surface area contributed by atoms with Gasteiger partial charge in [0.05, 0.1) is 36.1 Å². The third kappa shape index (κ3) is 4.06. The van der Waals surface area contributed by atoms with Crippen LogP contribution in [-0.2, 0) is 21.6 Å². The molecule has 0 atom stereocenters. The standard InChI is InChI=1S/C28H34FN5O5/c1-7-38-25(37)34-22(31-23(35)28(12-8-13-28)26(2,3)4)17-15-33(27(5,6)21(17)32-34)24(36)30-19-18(29)10-9-16-11-14-39-20(16)19/h9-11,14H,7-8,12-13,15H2,1-6H3,(H,30,36)(H,31,35). The van der Waals surface area contributed by atoms with Gasteiger partial charge in [0.15, 0.2) is 11.4 Å². The minimum Gasteiger partial charge on any atom is -0.462 e. The average Bonchev–Trinajstić information content (AvgIpc) is 3.49. The Hall–Kier alpha value is -3.89. The van der Waals surface area contributed by atoms with Gasteiger partial charge in [0, 0.05) is 10.9 Å². The highest BCUT2D eigenvalue weighted by Gasteiger charge is 2.53. The summed E-state index contributed by atoms with van der Waals surface area (Å²) in [5.41, 5.74) is -0.754. The summed E-state index contributed by atoms with van der Waals surface area (Å²) in [6.07, 6.45) is 3.12. The zero-order valence-corrected chi connectivity index (χ0v) is 23.1. The van der Waals surface area contributed by atoms with Crippen LogP contribution in [0.2, 0.25) is 0 Å². The van der Waals surface area contributed by atoms with Crippen LogP contribution in [0.4, 0.5) is 25.5 Å². The van der Waals surface area contributed by atoms with E-state index >= 15 is 0 Å². The summed E-state index contributed by atoms with van der Waals surface area (Å²) in [7, 11) is 0. The highest BCUT2D eigenvalue weighted by atomic mass is 19.1. The van der Waals surface area contributed by atoms with Crippen molar-refractivity contribution in [3.8, 4) is 0 Å². The van der Waals surface area contributed by atoms with Gasteiger partial charge in [-0.2, -0.15) is 5.10 Å². The number of carbonyl (C=O) groups excluding carboxylic acids is 3. The molecule has 0 radical (unpaired) electrons. The number of urea groups is 1. The van der Waals surface area contributed by atoms with Crippen LogP contribution in [-0.4, -0.2) is 39.3 Å². The predicted octanol–water partition coefficient (Wildman–Crippen LogP) is 6.21. The van der Waals surface area contributed by atoms with Crippen LogP contribution in [0.5, 0.6) is 0 Å². The lowest BCUT2D eigenvalue weighted by atomic mass is 9.54. The van der Waals surface area contributed by atoms with Crippen molar-refractivity contribution in [2.24, 2.45) is 10.8 Å². The number of nitrogens with zero attached hydrogens (tertiary/aromatic N) is 3. The Balaban J connectivity index is 1.50. The number of carbonyl (C=O) groups is 3. The maximum atomic E-state index is 14.7. The van der Waals surface area contributed by atoms with Gasteiger partial charge >= 0.3 is 12.1 Å². The summed E-state index contributed by atoms with van der Waals surface area (Å²) >= 11 is 0. The number of benzene rings is 1. The van der Waals surface area contributed by atoms with E-state index in [1.807, 2.05) is 20.8 Å². The van der Waals surface area contributed by atoms with Crippen LogP contribution >= 0.6 is 0 Å². The maximum Gasteiger partial charge on any atom is 0.436 e. The van der Waals surface area contributed by atoms with Crippen LogP contribution in [0, 0.1) is 16.6 Å². The second kappa shape index (κ2) is 9.10. The van der Waals surface area contributed by atoms with Gasteiger partial charge in [0.1, 0.15) is 11.5 Å². The molecule has 3 aromatic rings. The van der Waals surface area contributed by atoms with Crippen molar-refractivity contribution in [3.05, 3.63) is 41.5 Å². The number of hydrogen-bond donors (Lipinski definition) is 2. The molecule has 0 bridgehead atoms. The molecule has 5 rings (SSSR count). The van der Waals surface area contributed by atoms with E-state index < -0.39 is 28.9 Å². The fraction of sp³-hybridized carbons (Fsp3) is 0.500. The van der Waals surface area contributed by atoms with E-state index in [4.69, 9.17) is 9.15 Å². The fourth-order valence-electron chi connectivity index (χ4n) is 5.72. The molecule has 1 saturated carbocycles. The van der Waals surface area contributed by atoms with Gasteiger partial charge in [-0.15, -0.1) is 4.68 Å². The van der Waals surface area contributed by atoms with Crippen molar-refractivity contribution in [2.45, 2.75) is 72.9 Å². The molecule has 1 fully saturated rings. The normalized spacial score (nSPS) is 17.5. The Morgan fingerprint density at radius 1 is 1.15 bits per heavy atom. The van der Waals surface area contributed by atoms with Crippen LogP contribution in [0.25, 0.3) is 11.0 Å². The summed E-state index contributed by atoms with van der Waals surface area (Å²) in [5.74, 6) is -0.637. The van der Waals surface area contributed by atoms with Crippen molar-refractivity contribution in [1.29, 1.82) is 0 Å². The van der Waals surface area contributed by atoms with Crippen LogP contribution in [0.3, 0.4) is 0 Å². The van der Waals surface area contributed by atoms with E-state index in [0.717, 1.165) is 23.9 Å². The molecular weight excluding hydrogens is 505 g/mol. The molecule has 3 amide bonds. The monoisotopic (exact) mass is 539 g/mol. The first-order chi connectivity index (χ1) is 18.3. The Morgan fingerprint density at radius 3 is 2.49 bits per heavy atom. The van der Waals surface area contributed by atoms with Gasteiger partial charge in [-0.3, -0.25) is 4.79 Å². The molecule has 0 saturated heterocycles. The highest BCUT2D eigenvalue weighted by molar-refractivity contribution is 6.01. The molecule has 2 aromatic heterocycles. The third-order valence-electron chi connectivity index (χ3n) is 8.35. The van der Waals surface area contributed by atoms with Crippen molar-refractivity contribution >= 4 is 40.5 Å². The number of hydrogen-bond acceptors (Lipinski definition) is 6. The zero-order chi connectivity index (χ0) is 28.3. The molecule has 39 heavy (non-hydrogen) atoms. The third-order valence-corrected chi connectivity index (χ3v) is 8.35. The molecule has 1 aromatic carbocycles. The maximum absolute atomic E-state index is 14.7. The van der Waals surface area contributed by atoms with Crippen molar-refractivity contribution < 1.29 is 27.9 Å². The lowest BCUT2D eigenvalue weighted by Gasteiger charge is -2.50. The van der Waals surface area contributed by atoms with Gasteiger partial charge in [-0.25, -0.2) is 14.0 Å². The number of ether oxygens (including phenoxy) is 1. The van der Waals surface area contributed by atoms with Crippen LogP contribution in [0.1, 0.15) is 72.1 Å². The number of anilines is 2. The number of amides is 3. The minimum absolute atomic E-state index is 0.0292. The molecule has 10 nitrogen and oxygen atoms in total. The number of nitrogens with one attached hydrogen (secondary N) is 2. The number of rotatable bonds is 4. The first kappa shape index (κ1) is 26.7.